The van der Waals surface area contributed by atoms with Crippen molar-refractivity contribution in [2.75, 3.05) is 5.32 Å². The van der Waals surface area contributed by atoms with Crippen LogP contribution in [0.15, 0.2) is 67.3 Å². The number of amides is 1. The van der Waals surface area contributed by atoms with Crippen molar-refractivity contribution in [2.45, 2.75) is 51.7 Å². The Labute approximate surface area is 204 Å². The van der Waals surface area contributed by atoms with Crippen molar-refractivity contribution in [3.8, 4) is 11.1 Å². The molecule has 1 aliphatic carbocycles. The van der Waals surface area contributed by atoms with E-state index in [-0.39, 0.29) is 29.8 Å². The van der Waals surface area contributed by atoms with Gasteiger partial charge in [0.1, 0.15) is 18.0 Å². The highest BCUT2D eigenvalue weighted by Gasteiger charge is 2.33. The van der Waals surface area contributed by atoms with Gasteiger partial charge in [0.15, 0.2) is 0 Å². The molecule has 2 aromatic carbocycles. The van der Waals surface area contributed by atoms with Crippen LogP contribution < -0.4 is 5.32 Å². The Bertz CT molecular complexity index is 1380. The third kappa shape index (κ3) is 5.14. The molecule has 0 saturated heterocycles. The standard InChI is InChI=1S/C28H28FN5O/c1-28(2,3)33-26-23-14-19(7-11-25(23)31-17-32-26)18-6-10-24(29)21(13-18)16-34(22-8-9-22)27(35)20-5-4-12-30-15-20/h4-7,10-15,17,22H,8-9,16H2,1-3H3,(H,31,32,33). The summed E-state index contributed by atoms with van der Waals surface area (Å²) in [6.45, 7) is 6.45. The first kappa shape index (κ1) is 22.9. The van der Waals surface area contributed by atoms with E-state index in [9.17, 15) is 9.18 Å². The molecule has 5 rings (SSSR count). The van der Waals surface area contributed by atoms with Gasteiger partial charge in [0.2, 0.25) is 0 Å². The van der Waals surface area contributed by atoms with Gasteiger partial charge in [-0.15, -0.1) is 0 Å². The number of benzene rings is 2. The summed E-state index contributed by atoms with van der Waals surface area (Å²) in [5.41, 5.74) is 3.49. The van der Waals surface area contributed by atoms with E-state index in [0.717, 1.165) is 40.7 Å². The maximum absolute atomic E-state index is 14.9. The van der Waals surface area contributed by atoms with Crippen molar-refractivity contribution in [2.24, 2.45) is 0 Å². The zero-order valence-electron chi connectivity index (χ0n) is 20.1. The number of fused-ring (bicyclic) bond motifs is 1. The second-order valence-electron chi connectivity index (χ2n) is 10.0. The summed E-state index contributed by atoms with van der Waals surface area (Å²) < 4.78 is 14.9. The van der Waals surface area contributed by atoms with Crippen LogP contribution in [-0.4, -0.2) is 37.3 Å². The Hall–Kier alpha value is -3.87. The molecule has 4 aromatic rings. The Morgan fingerprint density at radius 1 is 1.09 bits per heavy atom. The molecular weight excluding hydrogens is 441 g/mol. The molecule has 7 heteroatoms. The number of halogens is 1. The van der Waals surface area contributed by atoms with Crippen LogP contribution in [-0.2, 0) is 6.54 Å². The van der Waals surface area contributed by atoms with Crippen molar-refractivity contribution in [3.05, 3.63) is 84.2 Å². The van der Waals surface area contributed by atoms with Crippen LogP contribution in [0.4, 0.5) is 10.2 Å². The van der Waals surface area contributed by atoms with Gasteiger partial charge in [-0.3, -0.25) is 9.78 Å². The van der Waals surface area contributed by atoms with Crippen LogP contribution in [0.2, 0.25) is 0 Å². The van der Waals surface area contributed by atoms with E-state index in [0.29, 0.717) is 11.1 Å². The molecule has 0 bridgehead atoms. The maximum Gasteiger partial charge on any atom is 0.255 e. The van der Waals surface area contributed by atoms with E-state index in [1.807, 2.05) is 24.3 Å². The molecule has 0 atom stereocenters. The average molecular weight is 470 g/mol. The molecule has 0 radical (unpaired) electrons. The highest BCUT2D eigenvalue weighted by molar-refractivity contribution is 5.94. The van der Waals surface area contributed by atoms with Gasteiger partial charge < -0.3 is 10.2 Å². The molecule has 178 valence electrons. The molecule has 1 fully saturated rings. The molecule has 1 N–H and O–H groups in total. The lowest BCUT2D eigenvalue weighted by Crippen LogP contribution is -2.33. The third-order valence-electron chi connectivity index (χ3n) is 6.01. The van der Waals surface area contributed by atoms with Gasteiger partial charge in [-0.05, 0) is 81.1 Å². The summed E-state index contributed by atoms with van der Waals surface area (Å²) in [5.74, 6) is 0.317. The Kier molecular flexibility index (Phi) is 5.93. The molecule has 0 aliphatic heterocycles. The van der Waals surface area contributed by atoms with Gasteiger partial charge in [-0.25, -0.2) is 14.4 Å². The lowest BCUT2D eigenvalue weighted by molar-refractivity contribution is 0.0728. The lowest BCUT2D eigenvalue weighted by atomic mass is 10.00. The first-order valence-electron chi connectivity index (χ1n) is 11.8. The zero-order valence-corrected chi connectivity index (χ0v) is 20.1. The van der Waals surface area contributed by atoms with Gasteiger partial charge in [-0.2, -0.15) is 0 Å². The number of pyridine rings is 1. The SMILES string of the molecule is CC(C)(C)Nc1ncnc2ccc(-c3ccc(F)c(CN(C(=O)c4cccnc4)C4CC4)c3)cc12. The van der Waals surface area contributed by atoms with E-state index in [2.05, 4.69) is 41.0 Å². The van der Waals surface area contributed by atoms with Crippen LogP contribution in [0.3, 0.4) is 0 Å². The van der Waals surface area contributed by atoms with Gasteiger partial charge in [-0.1, -0.05) is 12.1 Å². The minimum absolute atomic E-state index is 0.119. The highest BCUT2D eigenvalue weighted by atomic mass is 19.1. The van der Waals surface area contributed by atoms with E-state index in [1.165, 1.54) is 6.07 Å². The number of carbonyl (C=O) groups excluding carboxylic acids is 1. The number of hydrogen-bond donors (Lipinski definition) is 1. The second-order valence-corrected chi connectivity index (χ2v) is 10.0. The molecule has 35 heavy (non-hydrogen) atoms. The minimum Gasteiger partial charge on any atom is -0.365 e. The van der Waals surface area contributed by atoms with Crippen LogP contribution in [0.1, 0.15) is 49.5 Å². The van der Waals surface area contributed by atoms with E-state index >= 15 is 0 Å². The quantitative estimate of drug-likeness (QED) is 0.384. The lowest BCUT2D eigenvalue weighted by Gasteiger charge is -2.23. The maximum atomic E-state index is 14.9. The topological polar surface area (TPSA) is 71.0 Å². The fourth-order valence-electron chi connectivity index (χ4n) is 4.16. The van der Waals surface area contributed by atoms with Gasteiger partial charge in [0.25, 0.3) is 5.91 Å². The van der Waals surface area contributed by atoms with Crippen LogP contribution in [0, 0.1) is 5.82 Å². The number of nitrogens with zero attached hydrogens (tertiary/aromatic N) is 4. The smallest absolute Gasteiger partial charge is 0.255 e. The summed E-state index contributed by atoms with van der Waals surface area (Å²) in [6, 6.07) is 14.7. The van der Waals surface area contributed by atoms with E-state index in [4.69, 9.17) is 0 Å². The van der Waals surface area contributed by atoms with E-state index < -0.39 is 0 Å². The minimum atomic E-state index is -0.322. The Balaban J connectivity index is 1.48. The van der Waals surface area contributed by atoms with Crippen molar-refractivity contribution in [3.63, 3.8) is 0 Å². The van der Waals surface area contributed by atoms with Gasteiger partial charge in [0.05, 0.1) is 11.1 Å². The molecule has 1 amide bonds. The highest BCUT2D eigenvalue weighted by Crippen LogP contribution is 2.33. The monoisotopic (exact) mass is 469 g/mol. The van der Waals surface area contributed by atoms with Crippen molar-refractivity contribution < 1.29 is 9.18 Å². The molecule has 2 aromatic heterocycles. The number of aromatic nitrogens is 3. The van der Waals surface area contributed by atoms with Crippen molar-refractivity contribution in [1.29, 1.82) is 0 Å². The Morgan fingerprint density at radius 3 is 2.57 bits per heavy atom. The number of carbonyl (C=O) groups is 1. The zero-order chi connectivity index (χ0) is 24.6. The summed E-state index contributed by atoms with van der Waals surface area (Å²) in [4.78, 5) is 27.8. The van der Waals surface area contributed by atoms with Gasteiger partial charge >= 0.3 is 0 Å². The van der Waals surface area contributed by atoms with Crippen molar-refractivity contribution >= 4 is 22.6 Å². The summed E-state index contributed by atoms with van der Waals surface area (Å²) in [5, 5.41) is 4.34. The fraction of sp³-hybridized carbons (Fsp3) is 0.286. The molecule has 1 saturated carbocycles. The third-order valence-corrected chi connectivity index (χ3v) is 6.01. The first-order chi connectivity index (χ1) is 16.8. The molecule has 0 unspecified atom stereocenters. The summed E-state index contributed by atoms with van der Waals surface area (Å²) in [7, 11) is 0. The Morgan fingerprint density at radius 2 is 1.86 bits per heavy atom. The van der Waals surface area contributed by atoms with Crippen molar-refractivity contribution in [1.82, 2.24) is 19.9 Å². The molecule has 2 heterocycles. The molecule has 1 aliphatic rings. The van der Waals surface area contributed by atoms with E-state index in [1.54, 1.807) is 41.8 Å². The normalized spacial score (nSPS) is 13.6. The summed E-state index contributed by atoms with van der Waals surface area (Å²) >= 11 is 0. The predicted octanol–water partition coefficient (Wildman–Crippen LogP) is 5.85. The molecule has 0 spiro atoms. The first-order valence-corrected chi connectivity index (χ1v) is 11.8. The van der Waals surface area contributed by atoms with Crippen LogP contribution >= 0.6 is 0 Å². The summed E-state index contributed by atoms with van der Waals surface area (Å²) in [6.07, 6.45) is 6.62. The number of anilines is 1. The second kappa shape index (κ2) is 9.06. The largest absolute Gasteiger partial charge is 0.365 e. The number of rotatable bonds is 6. The van der Waals surface area contributed by atoms with Crippen LogP contribution in [0.25, 0.3) is 22.0 Å². The average Bonchev–Trinajstić information content (AvgIpc) is 3.68. The number of hydrogen-bond acceptors (Lipinski definition) is 5. The molecule has 6 nitrogen and oxygen atoms in total. The number of nitrogens with one attached hydrogen (secondary N) is 1. The molecular formula is C28H28FN5O. The van der Waals surface area contributed by atoms with Gasteiger partial charge in [0, 0.05) is 41.5 Å². The fourth-order valence-corrected chi connectivity index (χ4v) is 4.16. The predicted molar refractivity (Wildman–Crippen MR) is 135 cm³/mol. The van der Waals surface area contributed by atoms with Crippen LogP contribution in [0.5, 0.6) is 0 Å².